The van der Waals surface area contributed by atoms with Gasteiger partial charge in [0.25, 0.3) is 0 Å². The number of benzene rings is 1. The van der Waals surface area contributed by atoms with Gasteiger partial charge in [-0.15, -0.1) is 0 Å². The smallest absolute Gasteiger partial charge is 0.210 e. The predicted molar refractivity (Wildman–Crippen MR) is 69.9 cm³/mol. The summed E-state index contributed by atoms with van der Waals surface area (Å²) >= 11 is 0. The minimum atomic E-state index is -0.221. The zero-order valence-corrected chi connectivity index (χ0v) is 12.5. The molecule has 0 aliphatic heterocycles. The van der Waals surface area contributed by atoms with E-state index in [1.165, 1.54) is 12.1 Å². The Morgan fingerprint density at radius 3 is 1.81 bits per heavy atom. The molecule has 1 N–H and O–H groups in total. The normalized spacial score (nSPS) is 9.38. The third kappa shape index (κ3) is 4.00. The number of aromatic amines is 1. The van der Waals surface area contributed by atoms with Crippen molar-refractivity contribution in [3.63, 3.8) is 0 Å². The number of nitrogens with zero attached hydrogens (tertiary/aromatic N) is 1. The fourth-order valence-corrected chi connectivity index (χ4v) is 1.98. The lowest BCUT2D eigenvalue weighted by Gasteiger charge is -1.99. The molecule has 21 heavy (non-hydrogen) atoms. The van der Waals surface area contributed by atoms with Gasteiger partial charge in [-0.1, -0.05) is 0 Å². The van der Waals surface area contributed by atoms with Crippen molar-refractivity contribution >= 4 is 0 Å². The van der Waals surface area contributed by atoms with Crippen molar-refractivity contribution in [2.45, 2.75) is 0 Å². The summed E-state index contributed by atoms with van der Waals surface area (Å²) < 4.78 is 14.8. The number of halogens is 3. The average Bonchev–Trinajstić information content (AvgIpc) is 2.49. The number of pyridine rings is 2. The molecule has 1 aromatic carbocycles. The van der Waals surface area contributed by atoms with Gasteiger partial charge >= 0.3 is 0 Å². The molecule has 3 aromatic rings. The van der Waals surface area contributed by atoms with Crippen LogP contribution in [0, 0.1) is 5.82 Å². The Kier molecular flexibility index (Phi) is 6.28. The fourth-order valence-electron chi connectivity index (χ4n) is 1.98. The van der Waals surface area contributed by atoms with Crippen LogP contribution in [0.25, 0.3) is 16.8 Å². The second-order valence-corrected chi connectivity index (χ2v) is 4.26. The third-order valence-corrected chi connectivity index (χ3v) is 3.01. The van der Waals surface area contributed by atoms with Crippen molar-refractivity contribution in [3.05, 3.63) is 79.1 Å². The van der Waals surface area contributed by atoms with Crippen LogP contribution in [0.4, 0.5) is 4.39 Å². The Hall–Kier alpha value is -1.97. The lowest BCUT2D eigenvalue weighted by Crippen LogP contribution is -3.00. The number of H-pyrrole nitrogens is 1. The Morgan fingerprint density at radius 1 is 0.714 bits per heavy atom. The lowest BCUT2D eigenvalue weighted by atomic mass is 10.1. The Bertz CT molecular complexity index is 671. The van der Waals surface area contributed by atoms with E-state index in [9.17, 15) is 4.39 Å². The molecule has 2 heterocycles. The van der Waals surface area contributed by atoms with Crippen LogP contribution in [0.5, 0.6) is 0 Å². The summed E-state index contributed by atoms with van der Waals surface area (Å²) in [4.78, 5) is 3.00. The molecule has 0 saturated carbocycles. The Morgan fingerprint density at radius 2 is 1.24 bits per heavy atom. The van der Waals surface area contributed by atoms with Crippen molar-refractivity contribution < 1.29 is 38.8 Å². The first-order valence-electron chi connectivity index (χ1n) is 6.07. The number of hydrogen-bond donors (Lipinski definition) is 0. The van der Waals surface area contributed by atoms with Crippen molar-refractivity contribution in [2.75, 3.05) is 0 Å². The van der Waals surface area contributed by atoms with Gasteiger partial charge in [-0.2, -0.15) is 4.57 Å². The van der Waals surface area contributed by atoms with E-state index in [0.29, 0.717) is 0 Å². The van der Waals surface area contributed by atoms with Crippen molar-refractivity contribution in [3.8, 4) is 16.8 Å². The van der Waals surface area contributed by atoms with Crippen molar-refractivity contribution in [1.29, 1.82) is 0 Å². The maximum absolute atomic E-state index is 12.9. The molecule has 0 aliphatic carbocycles. The van der Waals surface area contributed by atoms with Gasteiger partial charge in [0.15, 0.2) is 24.8 Å². The van der Waals surface area contributed by atoms with Crippen LogP contribution in [0.1, 0.15) is 0 Å². The van der Waals surface area contributed by atoms with E-state index < -0.39 is 0 Å². The molecule has 108 valence electrons. The monoisotopic (exact) mass is 322 g/mol. The first-order valence-corrected chi connectivity index (χ1v) is 6.07. The highest BCUT2D eigenvalue weighted by Gasteiger charge is 2.06. The van der Waals surface area contributed by atoms with Crippen molar-refractivity contribution in [1.82, 2.24) is 0 Å². The highest BCUT2D eigenvalue weighted by Crippen LogP contribution is 2.15. The first kappa shape index (κ1) is 17.1. The molecule has 0 spiro atoms. The summed E-state index contributed by atoms with van der Waals surface area (Å²) in [5.74, 6) is -0.221. The zero-order chi connectivity index (χ0) is 13.1. The number of aromatic nitrogens is 2. The van der Waals surface area contributed by atoms with E-state index in [4.69, 9.17) is 0 Å². The van der Waals surface area contributed by atoms with Crippen LogP contribution in [-0.4, -0.2) is 0 Å². The predicted octanol–water partition coefficient (Wildman–Crippen LogP) is -3.41. The molecule has 0 saturated heterocycles. The summed E-state index contributed by atoms with van der Waals surface area (Å²) in [6.45, 7) is 0. The zero-order valence-electron chi connectivity index (χ0n) is 11.0. The van der Waals surface area contributed by atoms with Gasteiger partial charge in [-0.3, -0.25) is 0 Å². The molecule has 0 aliphatic rings. The fraction of sp³-hybridized carbons (Fsp3) is 0. The summed E-state index contributed by atoms with van der Waals surface area (Å²) in [5, 5.41) is 0. The highest BCUT2D eigenvalue weighted by atomic mass is 35.5. The number of rotatable bonds is 2. The van der Waals surface area contributed by atoms with Crippen LogP contribution in [0.15, 0.2) is 73.3 Å². The maximum Gasteiger partial charge on any atom is 0.210 e. The molecule has 2 aromatic heterocycles. The minimum Gasteiger partial charge on any atom is -1.00 e. The van der Waals surface area contributed by atoms with Gasteiger partial charge in [-0.05, 0) is 23.3 Å². The Labute approximate surface area is 135 Å². The van der Waals surface area contributed by atoms with Gasteiger partial charge in [0, 0.05) is 36.4 Å². The summed E-state index contributed by atoms with van der Waals surface area (Å²) in [7, 11) is 0. The van der Waals surface area contributed by atoms with Crippen molar-refractivity contribution in [2.24, 2.45) is 0 Å². The van der Waals surface area contributed by atoms with Crippen LogP contribution < -0.4 is 34.4 Å². The molecule has 3 rings (SSSR count). The van der Waals surface area contributed by atoms with Gasteiger partial charge in [0.05, 0.1) is 0 Å². The van der Waals surface area contributed by atoms with Gasteiger partial charge in [0.2, 0.25) is 5.69 Å². The second-order valence-electron chi connectivity index (χ2n) is 4.26. The Balaban J connectivity index is 0.00000110. The molecule has 0 radical (unpaired) electrons. The molecule has 0 bridgehead atoms. The molecule has 0 amide bonds. The largest absolute Gasteiger partial charge is 1.00 e. The molecule has 0 fully saturated rings. The minimum absolute atomic E-state index is 0. The van der Waals surface area contributed by atoms with E-state index in [-0.39, 0.29) is 30.6 Å². The van der Waals surface area contributed by atoms with Crippen LogP contribution in [-0.2, 0) is 0 Å². The van der Waals surface area contributed by atoms with E-state index >= 15 is 0 Å². The summed E-state index contributed by atoms with van der Waals surface area (Å²) in [6.07, 6.45) is 7.74. The second kappa shape index (κ2) is 7.72. The summed E-state index contributed by atoms with van der Waals surface area (Å²) in [6, 6.07) is 14.6. The van der Waals surface area contributed by atoms with E-state index in [2.05, 4.69) is 4.98 Å². The third-order valence-electron chi connectivity index (χ3n) is 3.01. The number of nitrogens with one attached hydrogen (secondary N) is 1. The van der Waals surface area contributed by atoms with Gasteiger partial charge in [-0.25, -0.2) is 9.37 Å². The van der Waals surface area contributed by atoms with Gasteiger partial charge in [0.1, 0.15) is 5.82 Å². The molecule has 0 atom stereocenters. The molecule has 2 nitrogen and oxygen atoms in total. The van der Waals surface area contributed by atoms with E-state index in [1.54, 1.807) is 12.1 Å². The quantitative estimate of drug-likeness (QED) is 0.438. The summed E-state index contributed by atoms with van der Waals surface area (Å²) in [5.41, 5.74) is 3.24. The van der Waals surface area contributed by atoms with Crippen LogP contribution in [0.2, 0.25) is 0 Å². The van der Waals surface area contributed by atoms with E-state index in [0.717, 1.165) is 16.8 Å². The SMILES string of the molecule is Fc1ccc(-[n+]2ccc(-c3cc[nH+]cc3)cc2)cc1.[Cl-].[Cl-]. The topological polar surface area (TPSA) is 18.0 Å². The van der Waals surface area contributed by atoms with Crippen LogP contribution in [0.3, 0.4) is 0 Å². The highest BCUT2D eigenvalue weighted by molar-refractivity contribution is 5.61. The molecular weight excluding hydrogens is 310 g/mol. The van der Waals surface area contributed by atoms with Crippen LogP contribution >= 0.6 is 0 Å². The maximum atomic E-state index is 12.9. The average molecular weight is 323 g/mol. The molecular formula is C16H13Cl2FN2. The van der Waals surface area contributed by atoms with E-state index in [1.807, 2.05) is 53.6 Å². The lowest BCUT2D eigenvalue weighted by molar-refractivity contribution is -0.595. The molecule has 0 unspecified atom stereocenters. The standard InChI is InChI=1S/C16H12FN2.2ClH/c17-15-1-3-16(4-2-15)19-11-7-14(8-12-19)13-5-9-18-10-6-13;;/h1-12H;2*1H/q+1;;/p-1. The number of hydrogen-bond acceptors (Lipinski definition) is 0. The first-order chi connectivity index (χ1) is 9.33. The van der Waals surface area contributed by atoms with Gasteiger partial charge < -0.3 is 24.8 Å². The molecule has 5 heteroatoms.